The first kappa shape index (κ1) is 14.0. The van der Waals surface area contributed by atoms with Crippen molar-refractivity contribution in [3.05, 3.63) is 35.9 Å². The SMILES string of the molecule is CCCO[C@@H]1C[C@H](OCc2ccccc2)[C@H]2CO[C@@H]1O2. The second-order valence-electron chi connectivity index (χ2n) is 5.36. The predicted molar refractivity (Wildman–Crippen MR) is 74.3 cm³/mol. The van der Waals surface area contributed by atoms with E-state index >= 15 is 0 Å². The lowest BCUT2D eigenvalue weighted by molar-refractivity contribution is -0.207. The molecule has 3 rings (SSSR count). The van der Waals surface area contributed by atoms with Crippen LogP contribution in [0.25, 0.3) is 0 Å². The molecule has 1 aromatic carbocycles. The molecule has 4 nitrogen and oxygen atoms in total. The minimum atomic E-state index is -0.205. The molecular formula is C16H22O4. The Morgan fingerprint density at radius 1 is 1.15 bits per heavy atom. The third-order valence-electron chi connectivity index (χ3n) is 3.76. The zero-order valence-corrected chi connectivity index (χ0v) is 11.9. The standard InChI is InChI=1S/C16H22O4/c1-2-8-17-14-9-13(15-11-19-16(14)20-15)18-10-12-6-4-3-5-7-12/h3-7,13-16H,2,8-11H2,1H3/t13-,14+,15+,16+/m0/s1. The van der Waals surface area contributed by atoms with Gasteiger partial charge < -0.3 is 18.9 Å². The molecule has 0 saturated carbocycles. The van der Waals surface area contributed by atoms with E-state index in [-0.39, 0.29) is 24.6 Å². The van der Waals surface area contributed by atoms with Gasteiger partial charge in [0.05, 0.1) is 19.3 Å². The van der Waals surface area contributed by atoms with Gasteiger partial charge >= 0.3 is 0 Å². The van der Waals surface area contributed by atoms with Crippen LogP contribution in [0, 0.1) is 0 Å². The quantitative estimate of drug-likeness (QED) is 0.801. The summed E-state index contributed by atoms with van der Waals surface area (Å²) >= 11 is 0. The first-order chi connectivity index (χ1) is 9.86. The average Bonchev–Trinajstić information content (AvgIpc) is 2.92. The molecule has 110 valence electrons. The van der Waals surface area contributed by atoms with Crippen molar-refractivity contribution < 1.29 is 18.9 Å². The lowest BCUT2D eigenvalue weighted by Gasteiger charge is -2.33. The number of hydrogen-bond acceptors (Lipinski definition) is 4. The molecule has 2 saturated heterocycles. The molecule has 2 fully saturated rings. The van der Waals surface area contributed by atoms with Crippen LogP contribution in [0.2, 0.25) is 0 Å². The molecule has 2 aliphatic heterocycles. The van der Waals surface area contributed by atoms with Crippen molar-refractivity contribution >= 4 is 0 Å². The lowest BCUT2D eigenvalue weighted by atomic mass is 10.0. The van der Waals surface area contributed by atoms with Crippen molar-refractivity contribution in [1.29, 1.82) is 0 Å². The zero-order chi connectivity index (χ0) is 13.8. The van der Waals surface area contributed by atoms with Gasteiger partial charge in [-0.2, -0.15) is 0 Å². The van der Waals surface area contributed by atoms with Crippen LogP contribution in [-0.2, 0) is 25.6 Å². The molecule has 0 N–H and O–H groups in total. The summed E-state index contributed by atoms with van der Waals surface area (Å²) in [5.74, 6) is 0. The predicted octanol–water partition coefficient (Wildman–Crippen LogP) is 2.51. The zero-order valence-electron chi connectivity index (χ0n) is 11.9. The van der Waals surface area contributed by atoms with Crippen molar-refractivity contribution in [2.45, 2.75) is 51.0 Å². The van der Waals surface area contributed by atoms with E-state index in [4.69, 9.17) is 18.9 Å². The van der Waals surface area contributed by atoms with Crippen LogP contribution in [0.15, 0.2) is 30.3 Å². The van der Waals surface area contributed by atoms with Crippen LogP contribution in [0.3, 0.4) is 0 Å². The highest BCUT2D eigenvalue weighted by molar-refractivity contribution is 5.13. The van der Waals surface area contributed by atoms with Crippen LogP contribution in [0.1, 0.15) is 25.3 Å². The van der Waals surface area contributed by atoms with Crippen molar-refractivity contribution in [3.8, 4) is 0 Å². The van der Waals surface area contributed by atoms with Crippen molar-refractivity contribution in [2.75, 3.05) is 13.2 Å². The molecule has 4 atom stereocenters. The van der Waals surface area contributed by atoms with Crippen molar-refractivity contribution in [1.82, 2.24) is 0 Å². The second-order valence-corrected chi connectivity index (χ2v) is 5.36. The van der Waals surface area contributed by atoms with Gasteiger partial charge in [-0.05, 0) is 12.0 Å². The third kappa shape index (κ3) is 3.20. The van der Waals surface area contributed by atoms with E-state index in [1.807, 2.05) is 18.2 Å². The Morgan fingerprint density at radius 2 is 2.00 bits per heavy atom. The Labute approximate surface area is 120 Å². The van der Waals surface area contributed by atoms with E-state index in [2.05, 4.69) is 19.1 Å². The summed E-state index contributed by atoms with van der Waals surface area (Å²) in [5.41, 5.74) is 1.18. The molecule has 0 unspecified atom stereocenters. The summed E-state index contributed by atoms with van der Waals surface area (Å²) in [5, 5.41) is 0. The minimum absolute atomic E-state index is 0.00512. The van der Waals surface area contributed by atoms with Gasteiger partial charge in [-0.25, -0.2) is 0 Å². The Kier molecular flexibility index (Phi) is 4.68. The first-order valence-corrected chi connectivity index (χ1v) is 7.41. The fraction of sp³-hybridized carbons (Fsp3) is 0.625. The average molecular weight is 278 g/mol. The molecule has 0 spiro atoms. The van der Waals surface area contributed by atoms with Crippen LogP contribution >= 0.6 is 0 Å². The smallest absolute Gasteiger partial charge is 0.184 e. The highest BCUT2D eigenvalue weighted by Crippen LogP contribution is 2.31. The molecule has 1 aromatic rings. The molecule has 0 amide bonds. The van der Waals surface area contributed by atoms with E-state index in [0.717, 1.165) is 19.4 Å². The van der Waals surface area contributed by atoms with Gasteiger partial charge in [-0.1, -0.05) is 37.3 Å². The van der Waals surface area contributed by atoms with Crippen LogP contribution in [0.5, 0.6) is 0 Å². The molecular weight excluding hydrogens is 256 g/mol. The van der Waals surface area contributed by atoms with E-state index in [1.165, 1.54) is 5.56 Å². The van der Waals surface area contributed by atoms with Crippen molar-refractivity contribution in [3.63, 3.8) is 0 Å². The molecule has 2 aliphatic rings. The highest BCUT2D eigenvalue weighted by atomic mass is 16.8. The van der Waals surface area contributed by atoms with E-state index < -0.39 is 0 Å². The Bertz CT molecular complexity index is 408. The Balaban J connectivity index is 1.55. The van der Waals surface area contributed by atoms with Gasteiger partial charge in [0.1, 0.15) is 12.2 Å². The van der Waals surface area contributed by atoms with Gasteiger partial charge in [0, 0.05) is 13.0 Å². The van der Waals surface area contributed by atoms with E-state index in [1.54, 1.807) is 0 Å². The Hall–Kier alpha value is -0.940. The maximum atomic E-state index is 6.02. The van der Waals surface area contributed by atoms with Gasteiger partial charge in [0.2, 0.25) is 0 Å². The van der Waals surface area contributed by atoms with Gasteiger partial charge in [0.15, 0.2) is 6.29 Å². The fourth-order valence-electron chi connectivity index (χ4n) is 2.69. The van der Waals surface area contributed by atoms with Crippen LogP contribution in [0.4, 0.5) is 0 Å². The normalized spacial score (nSPS) is 32.5. The van der Waals surface area contributed by atoms with Crippen LogP contribution < -0.4 is 0 Å². The summed E-state index contributed by atoms with van der Waals surface area (Å²) in [6.07, 6.45) is 1.74. The largest absolute Gasteiger partial charge is 0.373 e. The number of ether oxygens (including phenoxy) is 4. The summed E-state index contributed by atoms with van der Waals surface area (Å²) in [6, 6.07) is 10.2. The molecule has 0 radical (unpaired) electrons. The molecule has 0 aromatic heterocycles. The maximum Gasteiger partial charge on any atom is 0.184 e. The maximum absolute atomic E-state index is 6.02. The number of fused-ring (bicyclic) bond motifs is 2. The number of rotatable bonds is 6. The van der Waals surface area contributed by atoms with Gasteiger partial charge in [-0.15, -0.1) is 0 Å². The van der Waals surface area contributed by atoms with Crippen molar-refractivity contribution in [2.24, 2.45) is 0 Å². The highest BCUT2D eigenvalue weighted by Gasteiger charge is 2.45. The summed E-state index contributed by atoms with van der Waals surface area (Å²) in [7, 11) is 0. The molecule has 20 heavy (non-hydrogen) atoms. The Morgan fingerprint density at radius 3 is 2.80 bits per heavy atom. The van der Waals surface area contributed by atoms with Gasteiger partial charge in [-0.3, -0.25) is 0 Å². The third-order valence-corrected chi connectivity index (χ3v) is 3.76. The van der Waals surface area contributed by atoms with E-state index in [9.17, 15) is 0 Å². The summed E-state index contributed by atoms with van der Waals surface area (Å²) in [6.45, 7) is 4.06. The monoisotopic (exact) mass is 278 g/mol. The summed E-state index contributed by atoms with van der Waals surface area (Å²) in [4.78, 5) is 0. The number of hydrogen-bond donors (Lipinski definition) is 0. The summed E-state index contributed by atoms with van der Waals surface area (Å²) < 4.78 is 23.3. The molecule has 4 heteroatoms. The van der Waals surface area contributed by atoms with E-state index in [0.29, 0.717) is 13.2 Å². The van der Waals surface area contributed by atoms with Crippen LogP contribution in [-0.4, -0.2) is 37.8 Å². The fourth-order valence-corrected chi connectivity index (χ4v) is 2.69. The second kappa shape index (κ2) is 6.68. The minimum Gasteiger partial charge on any atom is -0.373 e. The first-order valence-electron chi connectivity index (χ1n) is 7.41. The van der Waals surface area contributed by atoms with Gasteiger partial charge in [0.25, 0.3) is 0 Å². The molecule has 2 bridgehead atoms. The number of benzene rings is 1. The lowest BCUT2D eigenvalue weighted by Crippen LogP contribution is -2.44. The molecule has 0 aliphatic carbocycles. The topological polar surface area (TPSA) is 36.9 Å². The molecule has 2 heterocycles.